The molecular weight excluding hydrogens is 228 g/mol. The lowest BCUT2D eigenvalue weighted by Gasteiger charge is -2.10. The number of rotatable bonds is 1. The van der Waals surface area contributed by atoms with Crippen molar-refractivity contribution in [2.45, 2.75) is 0 Å². The number of hydrogen-bond acceptors (Lipinski definition) is 3. The summed E-state index contributed by atoms with van der Waals surface area (Å²) in [5.74, 6) is -0.0460. The van der Waals surface area contributed by atoms with Crippen LogP contribution in [0.3, 0.4) is 0 Å². The quantitative estimate of drug-likeness (QED) is 0.706. The van der Waals surface area contributed by atoms with Crippen LogP contribution >= 0.6 is 0 Å². The average Bonchev–Trinajstić information content (AvgIpc) is 2.40. The third kappa shape index (κ3) is 1.55. The molecule has 1 aromatic carbocycles. The summed E-state index contributed by atoms with van der Waals surface area (Å²) in [5.41, 5.74) is 1.14. The number of nitrogens with zero attached hydrogens (tertiary/aromatic N) is 2. The van der Waals surface area contributed by atoms with Gasteiger partial charge >= 0.3 is 0 Å². The van der Waals surface area contributed by atoms with Crippen LogP contribution in [0.5, 0.6) is 5.75 Å². The molecule has 1 N–H and O–H groups in total. The number of aromatic nitrogens is 2. The molecule has 0 bridgehead atoms. The van der Waals surface area contributed by atoms with Gasteiger partial charge in [0.1, 0.15) is 5.75 Å². The Hall–Kier alpha value is -2.62. The number of aromatic hydroxyl groups is 1. The Bertz CT molecular complexity index is 764. The predicted molar refractivity (Wildman–Crippen MR) is 69.0 cm³/mol. The van der Waals surface area contributed by atoms with Gasteiger partial charge in [0.15, 0.2) is 0 Å². The minimum Gasteiger partial charge on any atom is -0.507 e. The smallest absolute Gasteiger partial charge is 0.259 e. The maximum Gasteiger partial charge on any atom is 0.259 e. The highest BCUT2D eigenvalue weighted by Crippen LogP contribution is 2.22. The molecule has 0 amide bonds. The molecule has 2 heterocycles. The van der Waals surface area contributed by atoms with Crippen molar-refractivity contribution in [3.63, 3.8) is 0 Å². The first-order valence-corrected chi connectivity index (χ1v) is 5.51. The van der Waals surface area contributed by atoms with Gasteiger partial charge in [0, 0.05) is 24.1 Å². The second-order valence-corrected chi connectivity index (χ2v) is 3.93. The first-order chi connectivity index (χ1) is 8.77. The fourth-order valence-electron chi connectivity index (χ4n) is 2.00. The van der Waals surface area contributed by atoms with E-state index in [0.717, 1.165) is 5.69 Å². The zero-order valence-corrected chi connectivity index (χ0v) is 9.45. The van der Waals surface area contributed by atoms with E-state index in [1.54, 1.807) is 23.0 Å². The van der Waals surface area contributed by atoms with E-state index < -0.39 is 0 Å². The van der Waals surface area contributed by atoms with Gasteiger partial charge < -0.3 is 5.11 Å². The first-order valence-electron chi connectivity index (χ1n) is 5.51. The second kappa shape index (κ2) is 4.00. The van der Waals surface area contributed by atoms with Crippen LogP contribution in [0.1, 0.15) is 0 Å². The number of hydrogen-bond donors (Lipinski definition) is 1. The summed E-state index contributed by atoms with van der Waals surface area (Å²) in [6, 6.07) is 12.2. The molecule has 4 nitrogen and oxygen atoms in total. The van der Waals surface area contributed by atoms with Crippen LogP contribution in [0.2, 0.25) is 0 Å². The third-order valence-corrected chi connectivity index (χ3v) is 2.81. The van der Waals surface area contributed by atoms with Crippen LogP contribution in [0.15, 0.2) is 59.7 Å². The number of para-hydroxylation sites is 1. The van der Waals surface area contributed by atoms with E-state index in [0.29, 0.717) is 10.9 Å². The molecule has 4 heteroatoms. The Morgan fingerprint density at radius 3 is 2.67 bits per heavy atom. The monoisotopic (exact) mass is 238 g/mol. The molecule has 0 aliphatic carbocycles. The molecule has 18 heavy (non-hydrogen) atoms. The lowest BCUT2D eigenvalue weighted by atomic mass is 10.2. The van der Waals surface area contributed by atoms with Crippen molar-refractivity contribution in [1.29, 1.82) is 0 Å². The lowest BCUT2D eigenvalue weighted by molar-refractivity contribution is 0.480. The molecule has 0 spiro atoms. The van der Waals surface area contributed by atoms with E-state index in [2.05, 4.69) is 4.98 Å². The normalized spacial score (nSPS) is 10.7. The molecule has 0 radical (unpaired) electrons. The van der Waals surface area contributed by atoms with E-state index in [4.69, 9.17) is 0 Å². The van der Waals surface area contributed by atoms with E-state index in [1.807, 2.05) is 30.3 Å². The number of pyridine rings is 2. The molecule has 0 atom stereocenters. The summed E-state index contributed by atoms with van der Waals surface area (Å²) >= 11 is 0. The molecule has 3 rings (SSSR count). The maximum absolute atomic E-state index is 12.0. The van der Waals surface area contributed by atoms with Gasteiger partial charge in [-0.1, -0.05) is 18.2 Å². The van der Waals surface area contributed by atoms with Gasteiger partial charge in [0.2, 0.25) is 0 Å². The highest BCUT2D eigenvalue weighted by molar-refractivity contribution is 5.85. The Morgan fingerprint density at radius 2 is 1.89 bits per heavy atom. The molecule has 2 aromatic heterocycles. The van der Waals surface area contributed by atoms with Crippen LogP contribution in [0, 0.1) is 0 Å². The molecular formula is C14H10N2O2. The second-order valence-electron chi connectivity index (χ2n) is 3.93. The molecule has 88 valence electrons. The van der Waals surface area contributed by atoms with Crippen LogP contribution in [-0.2, 0) is 0 Å². The first kappa shape index (κ1) is 10.5. The number of fused-ring (bicyclic) bond motifs is 1. The van der Waals surface area contributed by atoms with Crippen LogP contribution in [-0.4, -0.2) is 14.7 Å². The van der Waals surface area contributed by atoms with Crippen molar-refractivity contribution in [3.05, 3.63) is 65.2 Å². The average molecular weight is 238 g/mol. The Balaban J connectivity index is 2.46. The van der Waals surface area contributed by atoms with E-state index in [-0.39, 0.29) is 11.3 Å². The predicted octanol–water partition coefficient (Wildman–Crippen LogP) is 2.09. The van der Waals surface area contributed by atoms with Gasteiger partial charge in [-0.25, -0.2) is 0 Å². The summed E-state index contributed by atoms with van der Waals surface area (Å²) in [6.45, 7) is 0. The fraction of sp³-hybridized carbons (Fsp3) is 0. The molecule has 0 saturated heterocycles. The van der Waals surface area contributed by atoms with Gasteiger partial charge in [-0.15, -0.1) is 0 Å². The van der Waals surface area contributed by atoms with Gasteiger partial charge in [0.05, 0.1) is 10.9 Å². The van der Waals surface area contributed by atoms with Gasteiger partial charge in [-0.3, -0.25) is 14.3 Å². The Morgan fingerprint density at radius 1 is 1.11 bits per heavy atom. The van der Waals surface area contributed by atoms with Crippen molar-refractivity contribution in [3.8, 4) is 11.4 Å². The van der Waals surface area contributed by atoms with Crippen LogP contribution in [0.4, 0.5) is 0 Å². The molecule has 0 fully saturated rings. The summed E-state index contributed by atoms with van der Waals surface area (Å²) < 4.78 is 1.55. The van der Waals surface area contributed by atoms with Gasteiger partial charge in [-0.2, -0.15) is 0 Å². The third-order valence-electron chi connectivity index (χ3n) is 2.81. The van der Waals surface area contributed by atoms with E-state index in [1.165, 1.54) is 6.07 Å². The van der Waals surface area contributed by atoms with Crippen molar-refractivity contribution >= 4 is 10.9 Å². The molecule has 0 saturated carbocycles. The van der Waals surface area contributed by atoms with E-state index in [9.17, 15) is 9.90 Å². The summed E-state index contributed by atoms with van der Waals surface area (Å²) in [4.78, 5) is 16.0. The standard InChI is InChI=1S/C14H10N2O2/c17-13-8-14(18)16(10-4-2-1-3-5-10)12-6-7-15-9-11(12)13/h1-9,17H. The molecule has 3 aromatic rings. The maximum atomic E-state index is 12.0. The molecule has 0 aliphatic heterocycles. The summed E-state index contributed by atoms with van der Waals surface area (Å²) in [5, 5.41) is 10.3. The zero-order chi connectivity index (χ0) is 12.5. The largest absolute Gasteiger partial charge is 0.507 e. The van der Waals surface area contributed by atoms with Crippen molar-refractivity contribution in [2.24, 2.45) is 0 Å². The minimum atomic E-state index is -0.266. The zero-order valence-electron chi connectivity index (χ0n) is 9.45. The number of benzene rings is 1. The molecule has 0 unspecified atom stereocenters. The van der Waals surface area contributed by atoms with Gasteiger partial charge in [-0.05, 0) is 18.2 Å². The minimum absolute atomic E-state index is 0.0460. The van der Waals surface area contributed by atoms with Crippen LogP contribution < -0.4 is 5.56 Å². The van der Waals surface area contributed by atoms with Crippen LogP contribution in [0.25, 0.3) is 16.6 Å². The highest BCUT2D eigenvalue weighted by Gasteiger charge is 2.08. The van der Waals surface area contributed by atoms with Crippen molar-refractivity contribution < 1.29 is 5.11 Å². The van der Waals surface area contributed by atoms with Gasteiger partial charge in [0.25, 0.3) is 5.56 Å². The molecule has 0 aliphatic rings. The summed E-state index contributed by atoms with van der Waals surface area (Å²) in [7, 11) is 0. The Kier molecular flexibility index (Phi) is 2.34. The van der Waals surface area contributed by atoms with E-state index >= 15 is 0 Å². The fourth-order valence-corrected chi connectivity index (χ4v) is 2.00. The lowest BCUT2D eigenvalue weighted by Crippen LogP contribution is -2.17. The Labute approximate surface area is 103 Å². The topological polar surface area (TPSA) is 55.1 Å². The highest BCUT2D eigenvalue weighted by atomic mass is 16.3. The SMILES string of the molecule is O=c1cc(O)c2cnccc2n1-c1ccccc1. The summed E-state index contributed by atoms with van der Waals surface area (Å²) in [6.07, 6.45) is 3.14. The van der Waals surface area contributed by atoms with Crippen molar-refractivity contribution in [2.75, 3.05) is 0 Å². The van der Waals surface area contributed by atoms with Crippen molar-refractivity contribution in [1.82, 2.24) is 9.55 Å².